The number of hydrogen-bond acceptors (Lipinski definition) is 4. The van der Waals surface area contributed by atoms with Gasteiger partial charge in [0.05, 0.1) is 22.0 Å². The van der Waals surface area contributed by atoms with Gasteiger partial charge in [0.2, 0.25) is 15.9 Å². The van der Waals surface area contributed by atoms with Crippen LogP contribution >= 0.6 is 11.6 Å². The molecule has 0 radical (unpaired) electrons. The summed E-state index contributed by atoms with van der Waals surface area (Å²) in [5.74, 6) is -0.957. The van der Waals surface area contributed by atoms with Crippen LogP contribution in [0.2, 0.25) is 5.02 Å². The summed E-state index contributed by atoms with van der Waals surface area (Å²) in [6.07, 6.45) is 4.09. The van der Waals surface area contributed by atoms with Gasteiger partial charge in [0.25, 0.3) is 5.91 Å². The van der Waals surface area contributed by atoms with Crippen LogP contribution in [0.3, 0.4) is 0 Å². The third kappa shape index (κ3) is 3.21. The second-order valence-corrected chi connectivity index (χ2v) is 8.19. The smallest absolute Gasteiger partial charge is 0.253 e. The van der Waals surface area contributed by atoms with Crippen LogP contribution in [0.15, 0.2) is 18.2 Å². The number of nitrogens with one attached hydrogen (secondary N) is 1. The Bertz CT molecular complexity index is 757. The third-order valence-corrected chi connectivity index (χ3v) is 6.20. The maximum atomic E-state index is 12.3. The van der Waals surface area contributed by atoms with Gasteiger partial charge in [-0.15, -0.1) is 0 Å². The van der Waals surface area contributed by atoms with Crippen LogP contribution in [-0.4, -0.2) is 32.0 Å². The number of carbonyl (C=O) groups excluding carboxylic acids is 2. The average Bonchev–Trinajstić information content (AvgIpc) is 3.06. The molecule has 1 N–H and O–H groups in total. The van der Waals surface area contributed by atoms with Crippen LogP contribution in [0.4, 0.5) is 5.69 Å². The third-order valence-electron chi connectivity index (χ3n) is 4.20. The summed E-state index contributed by atoms with van der Waals surface area (Å²) in [6.45, 7) is 0. The van der Waals surface area contributed by atoms with Crippen molar-refractivity contribution < 1.29 is 18.0 Å². The van der Waals surface area contributed by atoms with Crippen molar-refractivity contribution in [1.82, 2.24) is 5.32 Å². The number of benzene rings is 1. The van der Waals surface area contributed by atoms with Crippen molar-refractivity contribution in [2.24, 2.45) is 0 Å². The molecule has 1 heterocycles. The second-order valence-electron chi connectivity index (χ2n) is 5.84. The number of amides is 2. The molecule has 1 saturated heterocycles. The lowest BCUT2D eigenvalue weighted by Crippen LogP contribution is -2.33. The Hall–Kier alpha value is -1.60. The summed E-state index contributed by atoms with van der Waals surface area (Å²) in [5.41, 5.74) is 0.460. The van der Waals surface area contributed by atoms with Gasteiger partial charge in [0, 0.05) is 12.5 Å². The summed E-state index contributed by atoms with van der Waals surface area (Å²) >= 11 is 6.14. The van der Waals surface area contributed by atoms with E-state index in [2.05, 4.69) is 5.32 Å². The average molecular weight is 357 g/mol. The minimum Gasteiger partial charge on any atom is -0.349 e. The maximum Gasteiger partial charge on any atom is 0.253 e. The molecule has 0 aromatic heterocycles. The zero-order valence-electron chi connectivity index (χ0n) is 12.4. The van der Waals surface area contributed by atoms with Crippen LogP contribution in [0.25, 0.3) is 0 Å². The van der Waals surface area contributed by atoms with Gasteiger partial charge in [-0.25, -0.2) is 12.7 Å². The Morgan fingerprint density at radius 1 is 1.26 bits per heavy atom. The molecule has 124 valence electrons. The van der Waals surface area contributed by atoms with Crippen molar-refractivity contribution in [1.29, 1.82) is 0 Å². The Labute approximate surface area is 139 Å². The highest BCUT2D eigenvalue weighted by Gasteiger charge is 2.36. The lowest BCUT2D eigenvalue weighted by molar-refractivity contribution is -0.116. The molecule has 23 heavy (non-hydrogen) atoms. The van der Waals surface area contributed by atoms with E-state index in [9.17, 15) is 18.0 Å². The fourth-order valence-electron chi connectivity index (χ4n) is 3.02. The number of rotatable bonds is 3. The van der Waals surface area contributed by atoms with Gasteiger partial charge in [-0.3, -0.25) is 9.59 Å². The molecule has 2 amide bonds. The quantitative estimate of drug-likeness (QED) is 0.898. The molecule has 1 aliphatic carbocycles. The van der Waals surface area contributed by atoms with E-state index in [-0.39, 0.29) is 40.4 Å². The molecule has 1 aromatic carbocycles. The van der Waals surface area contributed by atoms with Crippen LogP contribution in [0.1, 0.15) is 42.5 Å². The van der Waals surface area contributed by atoms with Gasteiger partial charge >= 0.3 is 0 Å². The SMILES string of the molecule is O=C(NC1CCCC1)c1ccc(N2C(=O)CCS2(=O)=O)cc1Cl. The molecule has 2 fully saturated rings. The van der Waals surface area contributed by atoms with E-state index in [0.717, 1.165) is 30.0 Å². The molecular formula is C15H17ClN2O4S. The molecule has 0 spiro atoms. The van der Waals surface area contributed by atoms with E-state index in [1.807, 2.05) is 0 Å². The number of anilines is 1. The normalized spacial score (nSPS) is 20.9. The summed E-state index contributed by atoms with van der Waals surface area (Å²) in [7, 11) is -3.63. The Balaban J connectivity index is 1.83. The van der Waals surface area contributed by atoms with E-state index in [0.29, 0.717) is 0 Å². The topological polar surface area (TPSA) is 83.6 Å². The van der Waals surface area contributed by atoms with E-state index in [1.165, 1.54) is 18.2 Å². The number of halogens is 1. The molecule has 0 unspecified atom stereocenters. The summed E-state index contributed by atoms with van der Waals surface area (Å²) in [6, 6.07) is 4.42. The van der Waals surface area contributed by atoms with Crippen molar-refractivity contribution >= 4 is 39.1 Å². The van der Waals surface area contributed by atoms with Crippen molar-refractivity contribution in [2.75, 3.05) is 10.1 Å². The summed E-state index contributed by atoms with van der Waals surface area (Å²) in [5, 5.41) is 3.06. The molecule has 0 atom stereocenters. The van der Waals surface area contributed by atoms with E-state index in [4.69, 9.17) is 11.6 Å². The number of hydrogen-bond donors (Lipinski definition) is 1. The van der Waals surface area contributed by atoms with Crippen LogP contribution in [0.5, 0.6) is 0 Å². The molecule has 0 bridgehead atoms. The standard InChI is InChI=1S/C15H17ClN2O4S/c16-13-9-11(18-14(19)7-8-23(18,21)22)5-6-12(13)15(20)17-10-3-1-2-4-10/h5-6,9-10H,1-4,7-8H2,(H,17,20). The predicted octanol–water partition coefficient (Wildman–Crippen LogP) is 2.08. The summed E-state index contributed by atoms with van der Waals surface area (Å²) in [4.78, 5) is 24.0. The number of sulfonamides is 1. The second kappa shape index (κ2) is 6.13. The van der Waals surface area contributed by atoms with Crippen LogP contribution in [0, 0.1) is 0 Å². The van der Waals surface area contributed by atoms with E-state index >= 15 is 0 Å². The highest BCUT2D eigenvalue weighted by atomic mass is 35.5. The van der Waals surface area contributed by atoms with Gasteiger partial charge in [0.15, 0.2) is 0 Å². The Morgan fingerprint density at radius 3 is 2.52 bits per heavy atom. The Kier molecular flexibility index (Phi) is 4.33. The lowest BCUT2D eigenvalue weighted by Gasteiger charge is -2.17. The first-order valence-corrected chi connectivity index (χ1v) is 9.53. The first kappa shape index (κ1) is 16.3. The number of nitrogens with zero attached hydrogens (tertiary/aromatic N) is 1. The van der Waals surface area contributed by atoms with E-state index < -0.39 is 15.9 Å². The van der Waals surface area contributed by atoms with Gasteiger partial charge in [0.1, 0.15) is 0 Å². The van der Waals surface area contributed by atoms with Crippen molar-refractivity contribution in [3.05, 3.63) is 28.8 Å². The van der Waals surface area contributed by atoms with Crippen LogP contribution in [-0.2, 0) is 14.8 Å². The minimum atomic E-state index is -3.63. The molecule has 1 aromatic rings. The first-order chi connectivity index (χ1) is 10.9. The molecular weight excluding hydrogens is 340 g/mol. The largest absolute Gasteiger partial charge is 0.349 e. The van der Waals surface area contributed by atoms with Crippen LogP contribution < -0.4 is 9.62 Å². The first-order valence-electron chi connectivity index (χ1n) is 7.55. The van der Waals surface area contributed by atoms with Crippen molar-refractivity contribution in [2.45, 2.75) is 38.1 Å². The molecule has 3 rings (SSSR count). The van der Waals surface area contributed by atoms with Gasteiger partial charge in [-0.1, -0.05) is 24.4 Å². The monoisotopic (exact) mass is 356 g/mol. The minimum absolute atomic E-state index is 0.0378. The maximum absolute atomic E-state index is 12.3. The van der Waals surface area contributed by atoms with Gasteiger partial charge in [-0.2, -0.15) is 0 Å². The molecule has 2 aliphatic rings. The molecule has 8 heteroatoms. The van der Waals surface area contributed by atoms with Crippen molar-refractivity contribution in [3.63, 3.8) is 0 Å². The highest BCUT2D eigenvalue weighted by molar-refractivity contribution is 7.94. The summed E-state index contributed by atoms with van der Waals surface area (Å²) < 4.78 is 24.6. The zero-order valence-corrected chi connectivity index (χ0v) is 14.0. The Morgan fingerprint density at radius 2 is 1.96 bits per heavy atom. The van der Waals surface area contributed by atoms with Crippen molar-refractivity contribution in [3.8, 4) is 0 Å². The fraction of sp³-hybridized carbons (Fsp3) is 0.467. The molecule has 6 nitrogen and oxygen atoms in total. The zero-order chi connectivity index (χ0) is 16.6. The van der Waals surface area contributed by atoms with E-state index in [1.54, 1.807) is 0 Å². The predicted molar refractivity (Wildman–Crippen MR) is 87.1 cm³/mol. The number of carbonyl (C=O) groups is 2. The van der Waals surface area contributed by atoms with Gasteiger partial charge < -0.3 is 5.32 Å². The highest BCUT2D eigenvalue weighted by Crippen LogP contribution is 2.29. The molecule has 1 aliphatic heterocycles. The fourth-order valence-corrected chi connectivity index (χ4v) is 4.73. The van der Waals surface area contributed by atoms with Gasteiger partial charge in [-0.05, 0) is 31.0 Å². The molecule has 1 saturated carbocycles. The lowest BCUT2D eigenvalue weighted by atomic mass is 10.1.